The van der Waals surface area contributed by atoms with Crippen molar-refractivity contribution in [3.63, 3.8) is 0 Å². The number of halogens is 1. The maximum atomic E-state index is 15.3. The maximum absolute atomic E-state index is 15.3. The topological polar surface area (TPSA) is 95.9 Å². The van der Waals surface area contributed by atoms with Crippen molar-refractivity contribution in [3.05, 3.63) is 71.0 Å². The molecule has 184 valence electrons. The largest absolute Gasteiger partial charge is 0.480 e. The summed E-state index contributed by atoms with van der Waals surface area (Å²) in [6.45, 7) is 2.46. The van der Waals surface area contributed by atoms with Crippen LogP contribution in [0.1, 0.15) is 54.5 Å². The second-order valence-electron chi connectivity index (χ2n) is 9.16. The van der Waals surface area contributed by atoms with Gasteiger partial charge in [0.2, 0.25) is 10.0 Å². The van der Waals surface area contributed by atoms with Crippen molar-refractivity contribution in [1.82, 2.24) is 9.62 Å². The molecule has 0 aliphatic carbocycles. The van der Waals surface area contributed by atoms with Crippen molar-refractivity contribution in [2.75, 3.05) is 19.8 Å². The molecule has 9 heteroatoms. The fourth-order valence-electron chi connectivity index (χ4n) is 5.03. The van der Waals surface area contributed by atoms with Crippen LogP contribution in [-0.4, -0.2) is 49.6 Å². The third-order valence-electron chi connectivity index (χ3n) is 7.05. The number of ether oxygens (including phenoxy) is 1. The first kappa shape index (κ1) is 24.8. The van der Waals surface area contributed by atoms with E-state index in [2.05, 4.69) is 5.32 Å². The molecule has 2 fully saturated rings. The van der Waals surface area contributed by atoms with Crippen LogP contribution < -0.4 is 5.32 Å². The Morgan fingerprint density at radius 1 is 1.18 bits per heavy atom. The second kappa shape index (κ2) is 10.1. The summed E-state index contributed by atoms with van der Waals surface area (Å²) in [6, 6.07) is 13.7. The van der Waals surface area contributed by atoms with Gasteiger partial charge in [0.05, 0.1) is 6.54 Å². The quantitative estimate of drug-likeness (QED) is 0.616. The molecular weight excluding hydrogens is 459 g/mol. The second-order valence-corrected chi connectivity index (χ2v) is 11.2. The van der Waals surface area contributed by atoms with Crippen molar-refractivity contribution < 1.29 is 27.4 Å². The van der Waals surface area contributed by atoms with E-state index in [1.54, 1.807) is 12.1 Å². The minimum Gasteiger partial charge on any atom is -0.480 e. The molecule has 2 aliphatic rings. The van der Waals surface area contributed by atoms with Gasteiger partial charge in [0.25, 0.3) is 0 Å². The normalized spacial score (nSPS) is 24.5. The van der Waals surface area contributed by atoms with Crippen LogP contribution in [0.4, 0.5) is 4.39 Å². The van der Waals surface area contributed by atoms with E-state index in [4.69, 9.17) is 9.84 Å². The van der Waals surface area contributed by atoms with E-state index in [0.29, 0.717) is 50.0 Å². The average molecular weight is 491 g/mol. The van der Waals surface area contributed by atoms with Crippen LogP contribution >= 0.6 is 0 Å². The Morgan fingerprint density at radius 2 is 1.88 bits per heavy atom. The van der Waals surface area contributed by atoms with Gasteiger partial charge in [-0.05, 0) is 49.8 Å². The Bertz CT molecular complexity index is 1120. The summed E-state index contributed by atoms with van der Waals surface area (Å²) < 4.78 is 49.1. The molecule has 0 saturated carbocycles. The number of aliphatic carboxylic acids is 1. The zero-order valence-electron chi connectivity index (χ0n) is 19.2. The molecule has 2 saturated heterocycles. The highest BCUT2D eigenvalue weighted by Gasteiger charge is 2.41. The summed E-state index contributed by atoms with van der Waals surface area (Å²) >= 11 is 0. The van der Waals surface area contributed by atoms with Crippen molar-refractivity contribution >= 4 is 16.0 Å². The number of rotatable bonds is 7. The lowest BCUT2D eigenvalue weighted by atomic mass is 9.82. The zero-order chi connectivity index (χ0) is 24.3. The molecule has 2 aromatic rings. The molecule has 2 heterocycles. The monoisotopic (exact) mass is 490 g/mol. The molecule has 7 nitrogen and oxygen atoms in total. The lowest BCUT2D eigenvalue weighted by Crippen LogP contribution is -2.48. The number of nitrogens with zero attached hydrogens (tertiary/aromatic N) is 1. The number of hydrogen-bond acceptors (Lipinski definition) is 5. The van der Waals surface area contributed by atoms with E-state index in [0.717, 1.165) is 5.56 Å². The number of carboxylic acid groups (broad SMARTS) is 1. The van der Waals surface area contributed by atoms with Crippen LogP contribution in [0.15, 0.2) is 48.5 Å². The molecule has 0 aromatic heterocycles. The minimum absolute atomic E-state index is 0.0440. The highest BCUT2D eigenvalue weighted by atomic mass is 32.2. The van der Waals surface area contributed by atoms with Gasteiger partial charge in [-0.3, -0.25) is 10.1 Å². The third-order valence-corrected chi connectivity index (χ3v) is 9.42. The molecule has 34 heavy (non-hydrogen) atoms. The summed E-state index contributed by atoms with van der Waals surface area (Å²) in [4.78, 5) is 11.1. The van der Waals surface area contributed by atoms with Crippen LogP contribution in [0.25, 0.3) is 0 Å². The van der Waals surface area contributed by atoms with E-state index < -0.39 is 32.6 Å². The minimum atomic E-state index is -3.67. The zero-order valence-corrected chi connectivity index (χ0v) is 20.1. The molecule has 0 bridgehead atoms. The van der Waals surface area contributed by atoms with Crippen molar-refractivity contribution in [3.8, 4) is 0 Å². The number of nitrogens with one attached hydrogen (secondary N) is 1. The first-order valence-electron chi connectivity index (χ1n) is 11.6. The first-order valence-corrected chi connectivity index (χ1v) is 13.1. The van der Waals surface area contributed by atoms with Crippen molar-refractivity contribution in [2.24, 2.45) is 0 Å². The van der Waals surface area contributed by atoms with Gasteiger partial charge in [0, 0.05) is 36.9 Å². The summed E-state index contributed by atoms with van der Waals surface area (Å²) in [5.74, 6) is -1.48. The molecule has 0 radical (unpaired) electrons. The van der Waals surface area contributed by atoms with Crippen molar-refractivity contribution in [1.29, 1.82) is 0 Å². The van der Waals surface area contributed by atoms with Gasteiger partial charge >= 0.3 is 5.97 Å². The fraction of sp³-hybridized carbons (Fsp3) is 0.480. The number of hydrogen-bond donors (Lipinski definition) is 2. The Balaban J connectivity index is 1.59. The molecule has 2 aliphatic heterocycles. The highest BCUT2D eigenvalue weighted by molar-refractivity contribution is 7.89. The molecule has 0 spiro atoms. The summed E-state index contributed by atoms with van der Waals surface area (Å²) in [5, 5.41) is 11.6. The Hall–Kier alpha value is -2.33. The van der Waals surface area contributed by atoms with Crippen LogP contribution in [-0.2, 0) is 31.6 Å². The van der Waals surface area contributed by atoms with Gasteiger partial charge in [0.1, 0.15) is 11.1 Å². The highest BCUT2D eigenvalue weighted by Crippen LogP contribution is 2.39. The summed E-state index contributed by atoms with van der Waals surface area (Å²) in [6.07, 6.45) is 2.27. The van der Waals surface area contributed by atoms with Crippen LogP contribution in [0.5, 0.6) is 0 Å². The average Bonchev–Trinajstić information content (AvgIpc) is 2.82. The van der Waals surface area contributed by atoms with E-state index in [1.807, 2.05) is 37.3 Å². The van der Waals surface area contributed by atoms with Gasteiger partial charge in [0.15, 0.2) is 0 Å². The Kier molecular flexibility index (Phi) is 7.37. The van der Waals surface area contributed by atoms with E-state index >= 15 is 4.39 Å². The fourth-order valence-corrected chi connectivity index (χ4v) is 7.21. The smallest absolute Gasteiger partial charge is 0.317 e. The summed E-state index contributed by atoms with van der Waals surface area (Å²) in [5.41, 5.74) is 1.00. The van der Waals surface area contributed by atoms with Gasteiger partial charge in [-0.2, -0.15) is 4.31 Å². The lowest BCUT2D eigenvalue weighted by Gasteiger charge is -2.39. The predicted octanol–water partition coefficient (Wildman–Crippen LogP) is 3.56. The standard InChI is InChI=1S/C25H31FN2O5S/c1-18-7-10-23(19-5-3-2-4-6-19)34(31,32)28(18)17-20-8-9-21(15-22(20)26)25(27-16-24(29)30)11-13-33-14-12-25/h2-6,8-9,15,18,23,27H,7,10-14,16-17H2,1H3,(H,29,30)/t18-,23+/m0/s1. The number of carboxylic acids is 1. The van der Waals surface area contributed by atoms with Gasteiger partial charge in [-0.15, -0.1) is 0 Å². The SMILES string of the molecule is C[C@H]1CC[C@H](c2ccccc2)S(=O)(=O)N1Cc1ccc(C2(NCC(=O)O)CCOCC2)cc1F. The number of sulfonamides is 1. The molecule has 2 aromatic carbocycles. The Morgan fingerprint density at radius 3 is 2.53 bits per heavy atom. The van der Waals surface area contributed by atoms with Crippen molar-refractivity contribution in [2.45, 2.75) is 56.0 Å². The van der Waals surface area contributed by atoms with Crippen LogP contribution in [0, 0.1) is 5.82 Å². The van der Waals surface area contributed by atoms with Crippen LogP contribution in [0.3, 0.4) is 0 Å². The number of carbonyl (C=O) groups is 1. The lowest BCUT2D eigenvalue weighted by molar-refractivity contribution is -0.136. The Labute approximate surface area is 200 Å². The van der Waals surface area contributed by atoms with Crippen LogP contribution in [0.2, 0.25) is 0 Å². The first-order chi connectivity index (χ1) is 16.2. The summed E-state index contributed by atoms with van der Waals surface area (Å²) in [7, 11) is -3.67. The third kappa shape index (κ3) is 5.02. The molecule has 2 atom stereocenters. The van der Waals surface area contributed by atoms with Gasteiger partial charge in [-0.25, -0.2) is 12.8 Å². The number of benzene rings is 2. The predicted molar refractivity (Wildman–Crippen MR) is 126 cm³/mol. The van der Waals surface area contributed by atoms with E-state index in [-0.39, 0.29) is 19.1 Å². The van der Waals surface area contributed by atoms with E-state index in [9.17, 15) is 13.2 Å². The van der Waals surface area contributed by atoms with Gasteiger partial charge in [-0.1, -0.05) is 42.5 Å². The molecule has 4 rings (SSSR count). The molecule has 0 unspecified atom stereocenters. The maximum Gasteiger partial charge on any atom is 0.317 e. The molecule has 2 N–H and O–H groups in total. The molecular formula is C25H31FN2O5S. The van der Waals surface area contributed by atoms with Gasteiger partial charge < -0.3 is 9.84 Å². The van der Waals surface area contributed by atoms with E-state index in [1.165, 1.54) is 10.4 Å². The molecule has 0 amide bonds.